The van der Waals surface area contributed by atoms with Crippen LogP contribution in [0.5, 0.6) is 0 Å². The summed E-state index contributed by atoms with van der Waals surface area (Å²) >= 11 is 6.08. The van der Waals surface area contributed by atoms with Crippen LogP contribution in [0.2, 0.25) is 5.15 Å². The Labute approximate surface area is 170 Å². The van der Waals surface area contributed by atoms with Gasteiger partial charge < -0.3 is 13.9 Å². The Morgan fingerprint density at radius 1 is 1.28 bits per heavy atom. The third kappa shape index (κ3) is 4.40. The second-order valence-corrected chi connectivity index (χ2v) is 6.46. The van der Waals surface area contributed by atoms with Gasteiger partial charge in [-0.2, -0.15) is 5.10 Å². The van der Waals surface area contributed by atoms with Crippen LogP contribution in [0.25, 0.3) is 11.0 Å². The SMILES string of the molecule is CCOC(=O)Nc1ccc2c(COC(=O)c3c(C)nn(C)c3Cl)cc(=O)oc2c1. The highest BCUT2D eigenvalue weighted by Crippen LogP contribution is 2.24. The minimum atomic E-state index is -0.650. The molecular formula is C19H18ClN3O6. The van der Waals surface area contributed by atoms with Gasteiger partial charge in [0, 0.05) is 35.8 Å². The van der Waals surface area contributed by atoms with Gasteiger partial charge in [-0.15, -0.1) is 0 Å². The predicted molar refractivity (Wildman–Crippen MR) is 105 cm³/mol. The molecule has 0 atom stereocenters. The number of ether oxygens (including phenoxy) is 2. The maximum absolute atomic E-state index is 12.4. The first kappa shape index (κ1) is 20.4. The van der Waals surface area contributed by atoms with E-state index in [2.05, 4.69) is 10.4 Å². The summed E-state index contributed by atoms with van der Waals surface area (Å²) in [6.45, 7) is 3.39. The zero-order chi connectivity index (χ0) is 21.1. The van der Waals surface area contributed by atoms with Crippen molar-refractivity contribution in [2.75, 3.05) is 11.9 Å². The molecule has 2 aromatic heterocycles. The minimum absolute atomic E-state index is 0.166. The smallest absolute Gasteiger partial charge is 0.411 e. The van der Waals surface area contributed by atoms with E-state index in [0.29, 0.717) is 22.3 Å². The van der Waals surface area contributed by atoms with Crippen molar-refractivity contribution in [1.82, 2.24) is 9.78 Å². The number of carbonyl (C=O) groups excluding carboxylic acids is 2. The van der Waals surface area contributed by atoms with Gasteiger partial charge in [0.2, 0.25) is 0 Å². The molecule has 29 heavy (non-hydrogen) atoms. The van der Waals surface area contributed by atoms with Crippen LogP contribution in [-0.4, -0.2) is 28.4 Å². The summed E-state index contributed by atoms with van der Waals surface area (Å²) in [5.41, 5.74) is 1.06. The Balaban J connectivity index is 1.84. The van der Waals surface area contributed by atoms with E-state index in [-0.39, 0.29) is 29.5 Å². The Morgan fingerprint density at radius 2 is 2.03 bits per heavy atom. The molecule has 0 unspecified atom stereocenters. The number of aromatic nitrogens is 2. The lowest BCUT2D eigenvalue weighted by Gasteiger charge is -2.09. The summed E-state index contributed by atoms with van der Waals surface area (Å²) in [7, 11) is 1.62. The van der Waals surface area contributed by atoms with Gasteiger partial charge in [0.25, 0.3) is 0 Å². The number of nitrogens with one attached hydrogen (secondary N) is 1. The van der Waals surface area contributed by atoms with Crippen molar-refractivity contribution in [1.29, 1.82) is 0 Å². The third-order valence-electron chi connectivity index (χ3n) is 4.07. The van der Waals surface area contributed by atoms with Crippen LogP contribution in [0.15, 0.2) is 33.5 Å². The monoisotopic (exact) mass is 419 g/mol. The second kappa shape index (κ2) is 8.36. The van der Waals surface area contributed by atoms with Gasteiger partial charge in [0.1, 0.15) is 22.9 Å². The Bertz CT molecular complexity index is 1150. The largest absolute Gasteiger partial charge is 0.457 e. The van der Waals surface area contributed by atoms with Gasteiger partial charge in [0.05, 0.1) is 12.3 Å². The second-order valence-electron chi connectivity index (χ2n) is 6.10. The standard InChI is InChI=1S/C19H18ClN3O6/c1-4-27-19(26)21-12-5-6-13-11(7-15(24)29-14(13)8-12)9-28-18(25)16-10(2)22-23(3)17(16)20/h5-8H,4,9H2,1-3H3,(H,21,26). The van der Waals surface area contributed by atoms with E-state index >= 15 is 0 Å². The molecule has 0 radical (unpaired) electrons. The van der Waals surface area contributed by atoms with Gasteiger partial charge in [-0.3, -0.25) is 10.00 Å². The fraction of sp³-hybridized carbons (Fsp3) is 0.263. The number of aryl methyl sites for hydroxylation is 2. The number of anilines is 1. The zero-order valence-electron chi connectivity index (χ0n) is 15.9. The molecule has 0 fully saturated rings. The molecule has 0 saturated carbocycles. The number of nitrogens with zero attached hydrogens (tertiary/aromatic N) is 2. The normalized spacial score (nSPS) is 10.8. The van der Waals surface area contributed by atoms with Gasteiger partial charge in [-0.1, -0.05) is 11.6 Å². The maximum Gasteiger partial charge on any atom is 0.411 e. The summed E-state index contributed by atoms with van der Waals surface area (Å²) in [5.74, 6) is -0.650. The van der Waals surface area contributed by atoms with Crippen molar-refractivity contribution < 1.29 is 23.5 Å². The number of esters is 1. The van der Waals surface area contributed by atoms with E-state index in [9.17, 15) is 14.4 Å². The van der Waals surface area contributed by atoms with E-state index in [1.165, 1.54) is 16.8 Å². The highest BCUT2D eigenvalue weighted by Gasteiger charge is 2.21. The number of hydrogen-bond donors (Lipinski definition) is 1. The summed E-state index contributed by atoms with van der Waals surface area (Å²) < 4.78 is 16.7. The van der Waals surface area contributed by atoms with Gasteiger partial charge in [0.15, 0.2) is 0 Å². The number of carbonyl (C=O) groups is 2. The molecule has 3 aromatic rings. The van der Waals surface area contributed by atoms with Gasteiger partial charge >= 0.3 is 17.7 Å². The van der Waals surface area contributed by atoms with E-state index in [1.807, 2.05) is 0 Å². The van der Waals surface area contributed by atoms with Crippen molar-refractivity contribution in [3.63, 3.8) is 0 Å². The van der Waals surface area contributed by atoms with Gasteiger partial charge in [-0.25, -0.2) is 14.4 Å². The summed E-state index contributed by atoms with van der Waals surface area (Å²) in [6, 6.07) is 5.99. The molecule has 0 bridgehead atoms. The summed E-state index contributed by atoms with van der Waals surface area (Å²) in [4.78, 5) is 35.9. The lowest BCUT2D eigenvalue weighted by Crippen LogP contribution is -2.13. The number of hydrogen-bond acceptors (Lipinski definition) is 7. The van der Waals surface area contributed by atoms with Crippen LogP contribution >= 0.6 is 11.6 Å². The van der Waals surface area contributed by atoms with E-state index < -0.39 is 17.7 Å². The lowest BCUT2D eigenvalue weighted by molar-refractivity contribution is 0.0473. The van der Waals surface area contributed by atoms with Crippen LogP contribution < -0.4 is 10.9 Å². The molecule has 0 aliphatic carbocycles. The molecule has 1 amide bonds. The fourth-order valence-corrected chi connectivity index (χ4v) is 3.04. The van der Waals surface area contributed by atoms with E-state index in [0.717, 1.165) is 0 Å². The molecule has 0 aliphatic heterocycles. The predicted octanol–water partition coefficient (Wildman–Crippen LogP) is 3.41. The highest BCUT2D eigenvalue weighted by molar-refractivity contribution is 6.32. The Morgan fingerprint density at radius 3 is 2.69 bits per heavy atom. The average molecular weight is 420 g/mol. The first-order valence-electron chi connectivity index (χ1n) is 8.67. The van der Waals surface area contributed by atoms with Crippen molar-refractivity contribution in [3.05, 3.63) is 56.7 Å². The van der Waals surface area contributed by atoms with Crippen molar-refractivity contribution in [2.45, 2.75) is 20.5 Å². The summed E-state index contributed by atoms with van der Waals surface area (Å²) in [6.07, 6.45) is -0.622. The third-order valence-corrected chi connectivity index (χ3v) is 4.50. The Kier molecular flexibility index (Phi) is 5.88. The molecule has 10 heteroatoms. The van der Waals surface area contributed by atoms with E-state index in [4.69, 9.17) is 25.5 Å². The molecule has 2 heterocycles. The lowest BCUT2D eigenvalue weighted by atomic mass is 10.1. The van der Waals surface area contributed by atoms with Crippen LogP contribution in [-0.2, 0) is 23.1 Å². The number of fused-ring (bicyclic) bond motifs is 1. The molecule has 0 spiro atoms. The average Bonchev–Trinajstić information content (AvgIpc) is 2.91. The maximum atomic E-state index is 12.4. The first-order chi connectivity index (χ1) is 13.8. The minimum Gasteiger partial charge on any atom is -0.457 e. The van der Waals surface area contributed by atoms with Crippen molar-refractivity contribution >= 4 is 40.3 Å². The summed E-state index contributed by atoms with van der Waals surface area (Å²) in [5, 5.41) is 7.32. The van der Waals surface area contributed by atoms with E-state index in [1.54, 1.807) is 33.0 Å². The van der Waals surface area contributed by atoms with Crippen molar-refractivity contribution in [3.8, 4) is 0 Å². The molecule has 3 rings (SSSR count). The topological polar surface area (TPSA) is 113 Å². The van der Waals surface area contributed by atoms with Crippen LogP contribution in [0.3, 0.4) is 0 Å². The van der Waals surface area contributed by atoms with Crippen LogP contribution in [0.1, 0.15) is 28.5 Å². The molecule has 9 nitrogen and oxygen atoms in total. The molecule has 152 valence electrons. The molecule has 1 N–H and O–H groups in total. The number of amides is 1. The highest BCUT2D eigenvalue weighted by atomic mass is 35.5. The zero-order valence-corrected chi connectivity index (χ0v) is 16.7. The molecule has 0 saturated heterocycles. The van der Waals surface area contributed by atoms with Gasteiger partial charge in [-0.05, 0) is 26.0 Å². The van der Waals surface area contributed by atoms with Crippen molar-refractivity contribution in [2.24, 2.45) is 7.05 Å². The fourth-order valence-electron chi connectivity index (χ4n) is 2.79. The van der Waals surface area contributed by atoms with Crippen LogP contribution in [0.4, 0.5) is 10.5 Å². The van der Waals surface area contributed by atoms with Crippen LogP contribution in [0, 0.1) is 6.92 Å². The molecular weight excluding hydrogens is 402 g/mol. The quantitative estimate of drug-likeness (QED) is 0.498. The number of halogens is 1. The Hall–Kier alpha value is -3.33. The number of benzene rings is 1. The first-order valence-corrected chi connectivity index (χ1v) is 9.04. The molecule has 1 aromatic carbocycles. The number of rotatable bonds is 5. The molecule has 0 aliphatic rings.